The van der Waals surface area contributed by atoms with Gasteiger partial charge in [0.25, 0.3) is 11.8 Å². The van der Waals surface area contributed by atoms with Gasteiger partial charge in [-0.15, -0.1) is 0 Å². The minimum Gasteiger partial charge on any atom is -0.267 e. The van der Waals surface area contributed by atoms with Crippen molar-refractivity contribution >= 4 is 40.1 Å². The van der Waals surface area contributed by atoms with Crippen LogP contribution < -0.4 is 10.4 Å². The van der Waals surface area contributed by atoms with Crippen molar-refractivity contribution in [3.8, 4) is 0 Å². The van der Waals surface area contributed by atoms with Gasteiger partial charge in [-0.1, -0.05) is 5.57 Å². The van der Waals surface area contributed by atoms with Crippen molar-refractivity contribution in [3.05, 3.63) is 39.0 Å². The fourth-order valence-electron chi connectivity index (χ4n) is 1.63. The molecule has 0 aromatic heterocycles. The maximum Gasteiger partial charge on any atom is 0.282 e. The van der Waals surface area contributed by atoms with Crippen LogP contribution in [0.25, 0.3) is 0 Å². The second kappa shape index (κ2) is 4.48. The Hall–Kier alpha value is -1.37. The van der Waals surface area contributed by atoms with E-state index in [1.165, 1.54) is 5.01 Å². The lowest BCUT2D eigenvalue weighted by Crippen LogP contribution is -2.35. The van der Waals surface area contributed by atoms with E-state index in [0.29, 0.717) is 5.69 Å². The summed E-state index contributed by atoms with van der Waals surface area (Å²) < 4.78 is 1.08. The van der Waals surface area contributed by atoms with E-state index in [1.54, 1.807) is 26.0 Å². The summed E-state index contributed by atoms with van der Waals surface area (Å²) in [7, 11) is 0. The van der Waals surface area contributed by atoms with Gasteiger partial charge in [0.05, 0.1) is 5.69 Å². The molecule has 0 unspecified atom stereocenters. The topological polar surface area (TPSA) is 49.4 Å². The van der Waals surface area contributed by atoms with Gasteiger partial charge in [0, 0.05) is 3.57 Å². The molecule has 1 aliphatic rings. The number of hydrogen-bond donors (Lipinski definition) is 1. The average molecular weight is 342 g/mol. The Morgan fingerprint density at radius 2 is 1.76 bits per heavy atom. The molecule has 17 heavy (non-hydrogen) atoms. The number of hydrogen-bond acceptors (Lipinski definition) is 2. The van der Waals surface area contributed by atoms with Gasteiger partial charge in [-0.3, -0.25) is 15.0 Å². The average Bonchev–Trinajstić information content (AvgIpc) is 2.55. The molecule has 0 radical (unpaired) electrons. The molecule has 2 amide bonds. The standard InChI is InChI=1S/C12H11IN2O2/c1-7(2)10-11(16)14-15(12(10)17)9-5-3-8(13)4-6-9/h3-6H,1-2H3,(H,14,16). The molecule has 2 rings (SSSR count). The first kappa shape index (κ1) is 12.1. The number of amides is 2. The summed E-state index contributed by atoms with van der Waals surface area (Å²) in [5.41, 5.74) is 4.17. The van der Waals surface area contributed by atoms with Crippen molar-refractivity contribution in [3.63, 3.8) is 0 Å². The van der Waals surface area contributed by atoms with Crippen molar-refractivity contribution in [2.45, 2.75) is 13.8 Å². The van der Waals surface area contributed by atoms with E-state index >= 15 is 0 Å². The highest BCUT2D eigenvalue weighted by molar-refractivity contribution is 14.1. The van der Waals surface area contributed by atoms with E-state index in [1.807, 2.05) is 12.1 Å². The van der Waals surface area contributed by atoms with Crippen molar-refractivity contribution in [1.29, 1.82) is 0 Å². The second-order valence-corrected chi connectivity index (χ2v) is 5.18. The van der Waals surface area contributed by atoms with Gasteiger partial charge in [-0.2, -0.15) is 0 Å². The van der Waals surface area contributed by atoms with Crippen LogP contribution >= 0.6 is 22.6 Å². The molecule has 1 aromatic rings. The van der Waals surface area contributed by atoms with Crippen LogP contribution in [-0.4, -0.2) is 11.8 Å². The van der Waals surface area contributed by atoms with Crippen molar-refractivity contribution in [2.75, 3.05) is 5.01 Å². The Balaban J connectivity index is 2.38. The molecule has 0 atom stereocenters. The maximum atomic E-state index is 12.0. The smallest absolute Gasteiger partial charge is 0.267 e. The number of benzene rings is 1. The van der Waals surface area contributed by atoms with Crippen LogP contribution in [0.4, 0.5) is 5.69 Å². The number of carbonyl (C=O) groups excluding carboxylic acids is 2. The molecule has 1 N–H and O–H groups in total. The largest absolute Gasteiger partial charge is 0.282 e. The number of anilines is 1. The summed E-state index contributed by atoms with van der Waals surface area (Å²) in [6.45, 7) is 3.51. The van der Waals surface area contributed by atoms with Crippen LogP contribution in [0.1, 0.15) is 13.8 Å². The number of rotatable bonds is 1. The van der Waals surface area contributed by atoms with Gasteiger partial charge >= 0.3 is 0 Å². The summed E-state index contributed by atoms with van der Waals surface area (Å²) in [4.78, 5) is 23.7. The number of nitrogens with one attached hydrogen (secondary N) is 1. The molecule has 1 fully saturated rings. The fourth-order valence-corrected chi connectivity index (χ4v) is 1.99. The quantitative estimate of drug-likeness (QED) is 0.482. The molecule has 1 aromatic carbocycles. The molecule has 5 heteroatoms. The van der Waals surface area contributed by atoms with E-state index < -0.39 is 0 Å². The zero-order valence-corrected chi connectivity index (χ0v) is 11.6. The Morgan fingerprint density at radius 3 is 2.24 bits per heavy atom. The van der Waals surface area contributed by atoms with Crippen molar-refractivity contribution < 1.29 is 9.59 Å². The second-order valence-electron chi connectivity index (χ2n) is 3.93. The first-order chi connectivity index (χ1) is 8.00. The number of halogens is 1. The first-order valence-electron chi connectivity index (χ1n) is 5.09. The molecule has 4 nitrogen and oxygen atoms in total. The fraction of sp³-hybridized carbons (Fsp3) is 0.167. The van der Waals surface area contributed by atoms with Crippen LogP contribution in [-0.2, 0) is 9.59 Å². The zero-order chi connectivity index (χ0) is 12.6. The molecule has 1 saturated heterocycles. The minimum atomic E-state index is -0.339. The lowest BCUT2D eigenvalue weighted by molar-refractivity contribution is -0.117. The molecule has 1 heterocycles. The molecule has 1 aliphatic heterocycles. The maximum absolute atomic E-state index is 12.0. The molecule has 88 valence electrons. The summed E-state index contributed by atoms with van der Waals surface area (Å²) in [6, 6.07) is 7.37. The monoisotopic (exact) mass is 342 g/mol. The third-order valence-corrected chi connectivity index (χ3v) is 3.16. The molecular weight excluding hydrogens is 331 g/mol. The molecule has 0 saturated carbocycles. The summed E-state index contributed by atoms with van der Waals surface area (Å²) in [5, 5.41) is 1.28. The van der Waals surface area contributed by atoms with Gasteiger partial charge in [-0.25, -0.2) is 5.01 Å². The number of hydrazine groups is 1. The molecule has 0 bridgehead atoms. The predicted octanol–water partition coefficient (Wildman–Crippen LogP) is 2.01. The highest BCUT2D eigenvalue weighted by Crippen LogP contribution is 2.22. The Bertz CT molecular complexity index is 516. The first-order valence-corrected chi connectivity index (χ1v) is 6.17. The SMILES string of the molecule is CC(C)=C1C(=O)NN(c2ccc(I)cc2)C1=O. The van der Waals surface area contributed by atoms with Gasteiger partial charge in [-0.05, 0) is 60.7 Å². The van der Waals surface area contributed by atoms with Gasteiger partial charge < -0.3 is 0 Å². The minimum absolute atomic E-state index is 0.226. The van der Waals surface area contributed by atoms with Crippen molar-refractivity contribution in [2.24, 2.45) is 0 Å². The third-order valence-electron chi connectivity index (χ3n) is 2.44. The lowest BCUT2D eigenvalue weighted by Gasteiger charge is -2.14. The normalized spacial score (nSPS) is 15.2. The van der Waals surface area contributed by atoms with Crippen LogP contribution in [0.2, 0.25) is 0 Å². The van der Waals surface area contributed by atoms with Crippen LogP contribution in [0, 0.1) is 3.57 Å². The number of nitrogens with zero attached hydrogens (tertiary/aromatic N) is 1. The summed E-state index contributed by atoms with van der Waals surface area (Å²) in [5.74, 6) is -0.634. The van der Waals surface area contributed by atoms with E-state index in [2.05, 4.69) is 28.0 Å². The third kappa shape index (κ3) is 2.19. The van der Waals surface area contributed by atoms with E-state index in [4.69, 9.17) is 0 Å². The lowest BCUT2D eigenvalue weighted by atomic mass is 10.1. The van der Waals surface area contributed by atoms with Gasteiger partial charge in [0.15, 0.2) is 0 Å². The Kier molecular flexibility index (Phi) is 3.19. The zero-order valence-electron chi connectivity index (χ0n) is 9.45. The Morgan fingerprint density at radius 1 is 1.18 bits per heavy atom. The van der Waals surface area contributed by atoms with Gasteiger partial charge in [0.1, 0.15) is 5.57 Å². The summed E-state index contributed by atoms with van der Waals surface area (Å²) >= 11 is 2.18. The Labute approximate surface area is 113 Å². The molecule has 0 spiro atoms. The van der Waals surface area contributed by atoms with E-state index in [0.717, 1.165) is 9.14 Å². The van der Waals surface area contributed by atoms with Crippen LogP contribution in [0.5, 0.6) is 0 Å². The van der Waals surface area contributed by atoms with E-state index in [9.17, 15) is 9.59 Å². The van der Waals surface area contributed by atoms with Crippen molar-refractivity contribution in [1.82, 2.24) is 5.43 Å². The summed E-state index contributed by atoms with van der Waals surface area (Å²) in [6.07, 6.45) is 0. The number of carbonyl (C=O) groups is 2. The number of allylic oxidation sites excluding steroid dienone is 1. The highest BCUT2D eigenvalue weighted by Gasteiger charge is 2.34. The highest BCUT2D eigenvalue weighted by atomic mass is 127. The predicted molar refractivity (Wildman–Crippen MR) is 73.2 cm³/mol. The molecular formula is C12H11IN2O2. The van der Waals surface area contributed by atoms with Gasteiger partial charge in [0.2, 0.25) is 0 Å². The van der Waals surface area contributed by atoms with Crippen LogP contribution in [0.3, 0.4) is 0 Å². The van der Waals surface area contributed by atoms with Crippen LogP contribution in [0.15, 0.2) is 35.4 Å². The van der Waals surface area contributed by atoms with E-state index in [-0.39, 0.29) is 17.4 Å². The molecule has 0 aliphatic carbocycles.